The normalized spacial score (nSPS) is 10.1. The van der Waals surface area contributed by atoms with Crippen molar-refractivity contribution < 1.29 is 14.3 Å². The maximum absolute atomic E-state index is 11.5. The number of esters is 1. The minimum absolute atomic E-state index is 0.246. The number of carbonyl (C=O) groups is 1. The maximum Gasteiger partial charge on any atom is 0.343 e. The minimum Gasteiger partial charge on any atom is -0.480 e. The van der Waals surface area contributed by atoms with Crippen molar-refractivity contribution in [1.29, 1.82) is 0 Å². The molecule has 2 aromatic rings. The van der Waals surface area contributed by atoms with Crippen molar-refractivity contribution in [2.45, 2.75) is 6.42 Å². The molecule has 0 spiro atoms. The van der Waals surface area contributed by atoms with Crippen LogP contribution in [0.5, 0.6) is 5.88 Å². The molecule has 0 aliphatic heterocycles. The van der Waals surface area contributed by atoms with Crippen LogP contribution >= 0.6 is 11.3 Å². The molecule has 7 heteroatoms. The van der Waals surface area contributed by atoms with E-state index in [-0.39, 0.29) is 5.88 Å². The second-order valence-electron chi connectivity index (χ2n) is 3.90. The van der Waals surface area contributed by atoms with Crippen LogP contribution in [0.15, 0.2) is 23.0 Å². The van der Waals surface area contributed by atoms with Gasteiger partial charge in [0, 0.05) is 18.3 Å². The topological polar surface area (TPSA) is 73.3 Å². The second kappa shape index (κ2) is 6.85. The summed E-state index contributed by atoms with van der Waals surface area (Å²) < 4.78 is 9.76. The van der Waals surface area contributed by atoms with Gasteiger partial charge < -0.3 is 14.8 Å². The van der Waals surface area contributed by atoms with Gasteiger partial charge in [-0.2, -0.15) is 4.98 Å². The van der Waals surface area contributed by atoms with Gasteiger partial charge in [-0.3, -0.25) is 0 Å². The van der Waals surface area contributed by atoms with Gasteiger partial charge in [0.2, 0.25) is 5.88 Å². The molecule has 2 heterocycles. The molecule has 0 radical (unpaired) electrons. The standard InChI is InChI=1S/C13H15N3O3S/c1-18-12-10(13(17)19-2)3-4-11(16-12)14-6-5-9-7-20-8-15-9/h3-4,7-8H,5-6H2,1-2H3,(H,14,16). The van der Waals surface area contributed by atoms with Crippen LogP contribution in [-0.4, -0.2) is 36.7 Å². The number of carbonyl (C=O) groups excluding carboxylic acids is 1. The van der Waals surface area contributed by atoms with Crippen LogP contribution in [0.3, 0.4) is 0 Å². The number of hydrogen-bond acceptors (Lipinski definition) is 7. The highest BCUT2D eigenvalue weighted by Crippen LogP contribution is 2.19. The molecule has 0 unspecified atom stereocenters. The summed E-state index contributed by atoms with van der Waals surface area (Å²) in [7, 11) is 2.79. The SMILES string of the molecule is COC(=O)c1ccc(NCCc2cscn2)nc1OC. The van der Waals surface area contributed by atoms with Crippen molar-refractivity contribution in [2.24, 2.45) is 0 Å². The lowest BCUT2D eigenvalue weighted by Gasteiger charge is -2.09. The van der Waals surface area contributed by atoms with E-state index in [0.717, 1.165) is 12.1 Å². The van der Waals surface area contributed by atoms with Gasteiger partial charge >= 0.3 is 5.97 Å². The van der Waals surface area contributed by atoms with Crippen LogP contribution in [0.2, 0.25) is 0 Å². The van der Waals surface area contributed by atoms with E-state index in [1.54, 1.807) is 23.5 Å². The predicted octanol–water partition coefficient (Wildman–Crippen LogP) is 1.99. The zero-order valence-corrected chi connectivity index (χ0v) is 12.1. The zero-order chi connectivity index (χ0) is 14.4. The molecule has 0 bridgehead atoms. The van der Waals surface area contributed by atoms with Crippen LogP contribution in [0.25, 0.3) is 0 Å². The van der Waals surface area contributed by atoms with Crippen LogP contribution in [0.1, 0.15) is 16.1 Å². The van der Waals surface area contributed by atoms with Crippen molar-refractivity contribution in [1.82, 2.24) is 9.97 Å². The molecule has 0 amide bonds. The first-order valence-corrected chi connectivity index (χ1v) is 6.93. The van der Waals surface area contributed by atoms with E-state index >= 15 is 0 Å². The predicted molar refractivity (Wildman–Crippen MR) is 76.4 cm³/mol. The lowest BCUT2D eigenvalue weighted by atomic mass is 10.2. The Morgan fingerprint density at radius 2 is 2.25 bits per heavy atom. The molecule has 0 aromatic carbocycles. The van der Waals surface area contributed by atoms with E-state index in [4.69, 9.17) is 4.74 Å². The van der Waals surface area contributed by atoms with E-state index in [9.17, 15) is 4.79 Å². The van der Waals surface area contributed by atoms with E-state index in [1.165, 1.54) is 14.2 Å². The molecule has 6 nitrogen and oxygen atoms in total. The Morgan fingerprint density at radius 3 is 2.90 bits per heavy atom. The smallest absolute Gasteiger partial charge is 0.343 e. The first-order valence-electron chi connectivity index (χ1n) is 5.99. The van der Waals surface area contributed by atoms with Gasteiger partial charge in [0.1, 0.15) is 11.4 Å². The van der Waals surface area contributed by atoms with E-state index in [2.05, 4.69) is 20.0 Å². The summed E-state index contributed by atoms with van der Waals surface area (Å²) in [5.41, 5.74) is 3.16. The average molecular weight is 293 g/mol. The van der Waals surface area contributed by atoms with Gasteiger partial charge in [0.15, 0.2) is 0 Å². The highest BCUT2D eigenvalue weighted by Gasteiger charge is 2.14. The number of nitrogens with one attached hydrogen (secondary N) is 1. The summed E-state index contributed by atoms with van der Waals surface area (Å²) in [5, 5.41) is 5.17. The summed E-state index contributed by atoms with van der Waals surface area (Å²) in [4.78, 5) is 19.9. The number of ether oxygens (including phenoxy) is 2. The molecule has 106 valence electrons. The third kappa shape index (κ3) is 3.45. The fourth-order valence-electron chi connectivity index (χ4n) is 1.64. The molecule has 0 aliphatic rings. The molecule has 20 heavy (non-hydrogen) atoms. The molecule has 0 saturated heterocycles. The highest BCUT2D eigenvalue weighted by atomic mass is 32.1. The van der Waals surface area contributed by atoms with Gasteiger partial charge in [-0.05, 0) is 12.1 Å². The summed E-state index contributed by atoms with van der Waals surface area (Å²) in [5.74, 6) is 0.420. The second-order valence-corrected chi connectivity index (χ2v) is 4.62. The van der Waals surface area contributed by atoms with Crippen molar-refractivity contribution >= 4 is 23.1 Å². The van der Waals surface area contributed by atoms with E-state index < -0.39 is 5.97 Å². The molecule has 2 aromatic heterocycles. The number of hydrogen-bond donors (Lipinski definition) is 1. The Bertz CT molecular complexity index is 572. The first-order chi connectivity index (χ1) is 9.74. The number of thiazole rings is 1. The van der Waals surface area contributed by atoms with Crippen LogP contribution in [-0.2, 0) is 11.2 Å². The number of nitrogens with zero attached hydrogens (tertiary/aromatic N) is 2. The fraction of sp³-hybridized carbons (Fsp3) is 0.308. The van der Waals surface area contributed by atoms with E-state index in [1.807, 2.05) is 10.9 Å². The van der Waals surface area contributed by atoms with Gasteiger partial charge in [0.25, 0.3) is 0 Å². The molecule has 0 atom stereocenters. The van der Waals surface area contributed by atoms with E-state index in [0.29, 0.717) is 17.9 Å². The van der Waals surface area contributed by atoms with Crippen LogP contribution in [0, 0.1) is 0 Å². The fourth-order valence-corrected chi connectivity index (χ4v) is 2.23. The van der Waals surface area contributed by atoms with Crippen LogP contribution < -0.4 is 10.1 Å². The Labute approximate surface area is 120 Å². The molecular formula is C13H15N3O3S. The zero-order valence-electron chi connectivity index (χ0n) is 11.3. The minimum atomic E-state index is -0.469. The molecule has 0 fully saturated rings. The third-order valence-corrected chi connectivity index (χ3v) is 3.26. The quantitative estimate of drug-likeness (QED) is 0.821. The summed E-state index contributed by atoms with van der Waals surface area (Å²) >= 11 is 1.57. The number of aromatic nitrogens is 2. The molecule has 1 N–H and O–H groups in total. The third-order valence-electron chi connectivity index (χ3n) is 2.63. The number of pyridine rings is 1. The molecular weight excluding hydrogens is 278 g/mol. The van der Waals surface area contributed by atoms with Gasteiger partial charge in [-0.1, -0.05) is 0 Å². The lowest BCUT2D eigenvalue weighted by Crippen LogP contribution is -2.10. The maximum atomic E-state index is 11.5. The molecule has 0 saturated carbocycles. The van der Waals surface area contributed by atoms with Crippen molar-refractivity contribution in [3.63, 3.8) is 0 Å². The monoisotopic (exact) mass is 293 g/mol. The Morgan fingerprint density at radius 1 is 1.40 bits per heavy atom. The molecule has 2 rings (SSSR count). The number of rotatable bonds is 6. The molecule has 0 aliphatic carbocycles. The number of anilines is 1. The average Bonchev–Trinajstić information content (AvgIpc) is 2.99. The Balaban J connectivity index is 2.00. The first kappa shape index (κ1) is 14.3. The Hall–Kier alpha value is -2.15. The summed E-state index contributed by atoms with van der Waals surface area (Å²) in [6.07, 6.45) is 0.812. The van der Waals surface area contributed by atoms with Crippen molar-refractivity contribution in [3.8, 4) is 5.88 Å². The highest BCUT2D eigenvalue weighted by molar-refractivity contribution is 7.07. The Kier molecular flexibility index (Phi) is 4.89. The van der Waals surface area contributed by atoms with Crippen molar-refractivity contribution in [2.75, 3.05) is 26.1 Å². The van der Waals surface area contributed by atoms with Crippen molar-refractivity contribution in [3.05, 3.63) is 34.3 Å². The van der Waals surface area contributed by atoms with Gasteiger partial charge in [-0.15, -0.1) is 11.3 Å². The summed E-state index contributed by atoms with van der Waals surface area (Å²) in [6.45, 7) is 0.706. The lowest BCUT2D eigenvalue weighted by molar-refractivity contribution is 0.0596. The van der Waals surface area contributed by atoms with Gasteiger partial charge in [0.05, 0.1) is 25.4 Å². The largest absolute Gasteiger partial charge is 0.480 e. The summed E-state index contributed by atoms with van der Waals surface area (Å²) in [6, 6.07) is 3.35. The van der Waals surface area contributed by atoms with Gasteiger partial charge in [-0.25, -0.2) is 9.78 Å². The number of methoxy groups -OCH3 is 2. The van der Waals surface area contributed by atoms with Crippen LogP contribution in [0.4, 0.5) is 5.82 Å².